The summed E-state index contributed by atoms with van der Waals surface area (Å²) >= 11 is 1.59. The van der Waals surface area contributed by atoms with Crippen molar-refractivity contribution in [1.82, 2.24) is 14.7 Å². The quantitative estimate of drug-likeness (QED) is 0.932. The Balaban J connectivity index is 1.64. The molecule has 0 amide bonds. The molecule has 1 saturated heterocycles. The van der Waals surface area contributed by atoms with Gasteiger partial charge in [0.05, 0.1) is 5.69 Å². The molecular formula is C14H20FN3S. The summed E-state index contributed by atoms with van der Waals surface area (Å²) in [5.74, 6) is 0. The number of nitrogens with one attached hydrogen (secondary N) is 1. The Kier molecular flexibility index (Phi) is 3.58. The van der Waals surface area contributed by atoms with Crippen LogP contribution >= 0.6 is 11.3 Å². The molecular weight excluding hydrogens is 261 g/mol. The van der Waals surface area contributed by atoms with E-state index >= 15 is 0 Å². The number of hydrogen-bond donors (Lipinski definition) is 1. The number of rotatable bonds is 4. The SMILES string of the molecule is CC(F)(Cc1cn2ccsc2n1)CC1CCCCN1. The van der Waals surface area contributed by atoms with E-state index < -0.39 is 5.67 Å². The normalized spacial score (nSPS) is 23.6. The number of thiazole rings is 1. The third-order valence-corrected chi connectivity index (χ3v) is 4.55. The van der Waals surface area contributed by atoms with Crippen molar-refractivity contribution in [1.29, 1.82) is 0 Å². The fraction of sp³-hybridized carbons (Fsp3) is 0.643. The molecule has 0 bridgehead atoms. The first-order valence-electron chi connectivity index (χ1n) is 6.96. The lowest BCUT2D eigenvalue weighted by atomic mass is 9.90. The molecule has 2 unspecified atom stereocenters. The molecule has 2 atom stereocenters. The van der Waals surface area contributed by atoms with Crippen molar-refractivity contribution < 1.29 is 4.39 Å². The van der Waals surface area contributed by atoms with E-state index in [0.717, 1.165) is 23.6 Å². The summed E-state index contributed by atoms with van der Waals surface area (Å²) in [6.45, 7) is 2.73. The average molecular weight is 281 g/mol. The first-order chi connectivity index (χ1) is 9.12. The molecule has 1 N–H and O–H groups in total. The third-order valence-electron chi connectivity index (χ3n) is 3.78. The second-order valence-electron chi connectivity index (χ2n) is 5.77. The Morgan fingerprint density at radius 3 is 3.21 bits per heavy atom. The van der Waals surface area contributed by atoms with Crippen molar-refractivity contribution in [2.24, 2.45) is 0 Å². The monoisotopic (exact) mass is 281 g/mol. The summed E-state index contributed by atoms with van der Waals surface area (Å²) in [5, 5.41) is 5.41. The third kappa shape index (κ3) is 3.15. The van der Waals surface area contributed by atoms with Gasteiger partial charge in [0.1, 0.15) is 5.67 Å². The van der Waals surface area contributed by atoms with Crippen molar-refractivity contribution in [3.63, 3.8) is 0 Å². The predicted octanol–water partition coefficient (Wildman–Crippen LogP) is 3.20. The van der Waals surface area contributed by atoms with E-state index in [1.54, 1.807) is 18.3 Å². The molecule has 1 aliphatic rings. The molecule has 3 heterocycles. The van der Waals surface area contributed by atoms with Crippen LogP contribution in [0.1, 0.15) is 38.3 Å². The maximum atomic E-state index is 14.7. The molecule has 0 saturated carbocycles. The molecule has 0 radical (unpaired) electrons. The van der Waals surface area contributed by atoms with E-state index in [4.69, 9.17) is 0 Å². The highest BCUT2D eigenvalue weighted by Crippen LogP contribution is 2.26. The molecule has 3 rings (SSSR count). The predicted molar refractivity (Wildman–Crippen MR) is 76.5 cm³/mol. The number of nitrogens with zero attached hydrogens (tertiary/aromatic N) is 2. The Morgan fingerprint density at radius 1 is 1.58 bits per heavy atom. The van der Waals surface area contributed by atoms with Gasteiger partial charge in [-0.3, -0.25) is 4.40 Å². The maximum Gasteiger partial charge on any atom is 0.193 e. The molecule has 0 aromatic carbocycles. The lowest BCUT2D eigenvalue weighted by Crippen LogP contribution is -2.40. The van der Waals surface area contributed by atoms with Gasteiger partial charge in [0.2, 0.25) is 0 Å². The number of fused-ring (bicyclic) bond motifs is 1. The van der Waals surface area contributed by atoms with Crippen LogP contribution in [0.4, 0.5) is 4.39 Å². The van der Waals surface area contributed by atoms with Crippen molar-refractivity contribution in [3.05, 3.63) is 23.5 Å². The van der Waals surface area contributed by atoms with Gasteiger partial charge in [0.15, 0.2) is 4.96 Å². The number of piperidine rings is 1. The molecule has 5 heteroatoms. The van der Waals surface area contributed by atoms with Gasteiger partial charge in [-0.2, -0.15) is 0 Å². The van der Waals surface area contributed by atoms with Gasteiger partial charge in [-0.15, -0.1) is 11.3 Å². The van der Waals surface area contributed by atoms with Crippen LogP contribution in [0, 0.1) is 0 Å². The molecule has 3 nitrogen and oxygen atoms in total. The van der Waals surface area contributed by atoms with Crippen LogP contribution in [0.5, 0.6) is 0 Å². The summed E-state index contributed by atoms with van der Waals surface area (Å²) in [6.07, 6.45) is 8.42. The summed E-state index contributed by atoms with van der Waals surface area (Å²) in [5.41, 5.74) is -0.327. The Morgan fingerprint density at radius 2 is 2.47 bits per heavy atom. The van der Waals surface area contributed by atoms with Gasteiger partial charge in [-0.05, 0) is 32.7 Å². The van der Waals surface area contributed by atoms with Gasteiger partial charge in [0.25, 0.3) is 0 Å². The zero-order valence-corrected chi connectivity index (χ0v) is 12.0. The lowest BCUT2D eigenvalue weighted by Gasteiger charge is -2.29. The van der Waals surface area contributed by atoms with Crippen LogP contribution in [-0.2, 0) is 6.42 Å². The smallest absolute Gasteiger partial charge is 0.193 e. The fourth-order valence-electron chi connectivity index (χ4n) is 2.92. The number of halogens is 1. The van der Waals surface area contributed by atoms with Gasteiger partial charge in [0, 0.05) is 30.2 Å². The first kappa shape index (κ1) is 13.1. The van der Waals surface area contributed by atoms with E-state index in [0.29, 0.717) is 18.9 Å². The van der Waals surface area contributed by atoms with Crippen molar-refractivity contribution in [3.8, 4) is 0 Å². The number of aromatic nitrogens is 2. The molecule has 2 aromatic rings. The van der Waals surface area contributed by atoms with Crippen LogP contribution in [0.25, 0.3) is 4.96 Å². The van der Waals surface area contributed by atoms with Gasteiger partial charge < -0.3 is 5.32 Å². The molecule has 2 aromatic heterocycles. The van der Waals surface area contributed by atoms with Gasteiger partial charge in [-0.1, -0.05) is 6.42 Å². The van der Waals surface area contributed by atoms with Crippen LogP contribution in [-0.4, -0.2) is 27.6 Å². The standard InChI is InChI=1S/C14H20FN3S/c1-14(15,8-11-4-2-3-5-16-11)9-12-10-18-6-7-19-13(18)17-12/h6-7,10-11,16H,2-5,8-9H2,1H3. The Labute approximate surface area is 116 Å². The van der Waals surface area contributed by atoms with Gasteiger partial charge >= 0.3 is 0 Å². The minimum Gasteiger partial charge on any atom is -0.314 e. The highest BCUT2D eigenvalue weighted by atomic mass is 32.1. The second kappa shape index (κ2) is 5.21. The first-order valence-corrected chi connectivity index (χ1v) is 7.84. The van der Waals surface area contributed by atoms with Crippen LogP contribution < -0.4 is 5.32 Å². The summed E-state index contributed by atoms with van der Waals surface area (Å²) in [4.78, 5) is 5.42. The Hall–Kier alpha value is -0.940. The topological polar surface area (TPSA) is 29.3 Å². The Bertz CT molecular complexity index is 511. The number of alkyl halides is 1. The van der Waals surface area contributed by atoms with Crippen LogP contribution in [0.3, 0.4) is 0 Å². The van der Waals surface area contributed by atoms with Crippen LogP contribution in [0.2, 0.25) is 0 Å². The molecule has 104 valence electrons. The van der Waals surface area contributed by atoms with E-state index in [-0.39, 0.29) is 0 Å². The summed E-state index contributed by atoms with van der Waals surface area (Å²) in [6, 6.07) is 0.326. The largest absolute Gasteiger partial charge is 0.314 e. The second-order valence-corrected chi connectivity index (χ2v) is 6.64. The van der Waals surface area contributed by atoms with Crippen molar-refractivity contribution in [2.75, 3.05) is 6.54 Å². The van der Waals surface area contributed by atoms with Gasteiger partial charge in [-0.25, -0.2) is 9.37 Å². The highest BCUT2D eigenvalue weighted by molar-refractivity contribution is 7.15. The minimum atomic E-state index is -1.18. The van der Waals surface area contributed by atoms with E-state index in [2.05, 4.69) is 10.3 Å². The van der Waals surface area contributed by atoms with Crippen molar-refractivity contribution in [2.45, 2.75) is 50.7 Å². The zero-order chi connectivity index (χ0) is 13.3. The molecule has 19 heavy (non-hydrogen) atoms. The molecule has 0 aliphatic carbocycles. The molecule has 0 spiro atoms. The lowest BCUT2D eigenvalue weighted by molar-refractivity contribution is 0.145. The zero-order valence-electron chi connectivity index (χ0n) is 11.2. The maximum absolute atomic E-state index is 14.7. The van der Waals surface area contributed by atoms with E-state index in [1.807, 2.05) is 22.2 Å². The number of hydrogen-bond acceptors (Lipinski definition) is 3. The molecule has 1 fully saturated rings. The minimum absolute atomic E-state index is 0.326. The van der Waals surface area contributed by atoms with Crippen LogP contribution in [0.15, 0.2) is 17.8 Å². The highest BCUT2D eigenvalue weighted by Gasteiger charge is 2.29. The van der Waals surface area contributed by atoms with Crippen molar-refractivity contribution >= 4 is 16.3 Å². The fourth-order valence-corrected chi connectivity index (χ4v) is 3.64. The summed E-state index contributed by atoms with van der Waals surface area (Å²) in [7, 11) is 0. The number of imidazole rings is 1. The van der Waals surface area contributed by atoms with E-state index in [9.17, 15) is 4.39 Å². The van der Waals surface area contributed by atoms with E-state index in [1.165, 1.54) is 12.8 Å². The molecule has 1 aliphatic heterocycles. The average Bonchev–Trinajstić information content (AvgIpc) is 2.89. The summed E-state index contributed by atoms with van der Waals surface area (Å²) < 4.78 is 16.7.